The van der Waals surface area contributed by atoms with Crippen molar-refractivity contribution in [2.24, 2.45) is 11.8 Å². The van der Waals surface area contributed by atoms with Crippen molar-refractivity contribution in [3.05, 3.63) is 0 Å². The van der Waals surface area contributed by atoms with E-state index in [2.05, 4.69) is 40.1 Å². The normalized spacial score (nSPS) is 21.8. The Hall–Kier alpha value is 0.177. The van der Waals surface area contributed by atoms with E-state index in [1.54, 1.807) is 0 Å². The number of rotatable bonds is 5. The smallest absolute Gasteiger partial charge is 0.0287 e. The fourth-order valence-electron chi connectivity index (χ4n) is 1.83. The molecule has 0 aliphatic heterocycles. The van der Waals surface area contributed by atoms with Gasteiger partial charge in [-0.2, -0.15) is 0 Å². The van der Waals surface area contributed by atoms with Crippen LogP contribution in [0.4, 0.5) is 0 Å². The average molecular weight is 187 g/mol. The molecule has 2 heteroatoms. The van der Waals surface area contributed by atoms with E-state index in [1.807, 2.05) is 0 Å². The van der Waals surface area contributed by atoms with E-state index < -0.39 is 0 Å². The van der Waals surface area contributed by atoms with E-state index in [-0.39, 0.29) is 0 Å². The second-order valence-corrected chi connectivity index (χ2v) is 5.81. The molecule has 0 amide bonds. The lowest BCUT2D eigenvalue weighted by Gasteiger charge is -2.40. The standard InChI is InChI=1S/C10H25NSi/c1-6-8(3)10(12,11-5)9(4)7-2/h8-9,11H,6-7H2,1-5,12H3. The molecule has 1 nitrogen and oxygen atoms in total. The van der Waals surface area contributed by atoms with Crippen LogP contribution in [0, 0.1) is 11.8 Å². The minimum atomic E-state index is 0.448. The van der Waals surface area contributed by atoms with Gasteiger partial charge >= 0.3 is 0 Å². The maximum Gasteiger partial charge on any atom is 0.0287 e. The van der Waals surface area contributed by atoms with Crippen LogP contribution in [0.3, 0.4) is 0 Å². The second kappa shape index (κ2) is 5.03. The summed E-state index contributed by atoms with van der Waals surface area (Å²) in [6.07, 6.45) is 2.57. The van der Waals surface area contributed by atoms with Crippen LogP contribution in [0.2, 0.25) is 0 Å². The molecule has 0 aliphatic carbocycles. The maximum atomic E-state index is 3.54. The topological polar surface area (TPSA) is 12.0 Å². The monoisotopic (exact) mass is 187 g/mol. The molecule has 0 saturated heterocycles. The van der Waals surface area contributed by atoms with Gasteiger partial charge in [-0.25, -0.2) is 0 Å². The third kappa shape index (κ3) is 2.33. The second-order valence-electron chi connectivity index (χ2n) is 4.15. The van der Waals surface area contributed by atoms with Crippen molar-refractivity contribution in [1.82, 2.24) is 5.32 Å². The molecule has 0 radical (unpaired) electrons. The molecule has 0 rings (SSSR count). The first-order valence-corrected chi connectivity index (χ1v) is 6.21. The van der Waals surface area contributed by atoms with Gasteiger partial charge < -0.3 is 5.32 Å². The van der Waals surface area contributed by atoms with Crippen molar-refractivity contribution >= 4 is 10.2 Å². The Bertz CT molecular complexity index is 115. The predicted octanol–water partition coefficient (Wildman–Crippen LogP) is 1.36. The van der Waals surface area contributed by atoms with Gasteiger partial charge in [0.15, 0.2) is 0 Å². The quantitative estimate of drug-likeness (QED) is 0.641. The van der Waals surface area contributed by atoms with Gasteiger partial charge in [-0.3, -0.25) is 0 Å². The highest BCUT2D eigenvalue weighted by Gasteiger charge is 2.32. The van der Waals surface area contributed by atoms with Gasteiger partial charge in [-0.05, 0) is 18.9 Å². The van der Waals surface area contributed by atoms with Gasteiger partial charge in [0.25, 0.3) is 0 Å². The molecule has 0 aromatic carbocycles. The minimum Gasteiger partial charge on any atom is -0.317 e. The highest BCUT2D eigenvalue weighted by Crippen LogP contribution is 2.27. The summed E-state index contributed by atoms with van der Waals surface area (Å²) in [6.45, 7) is 9.32. The van der Waals surface area contributed by atoms with Crippen molar-refractivity contribution in [3.8, 4) is 0 Å². The Morgan fingerprint density at radius 2 is 1.50 bits per heavy atom. The summed E-state index contributed by atoms with van der Waals surface area (Å²) in [5, 5.41) is 3.99. The number of hydrogen-bond acceptors (Lipinski definition) is 1. The molecule has 0 fully saturated rings. The Labute approximate surface area is 80.7 Å². The van der Waals surface area contributed by atoms with Gasteiger partial charge in [0, 0.05) is 15.4 Å². The van der Waals surface area contributed by atoms with Crippen LogP contribution >= 0.6 is 0 Å². The molecule has 0 bridgehead atoms. The van der Waals surface area contributed by atoms with E-state index in [1.165, 1.54) is 23.1 Å². The van der Waals surface area contributed by atoms with Crippen LogP contribution < -0.4 is 5.32 Å². The number of nitrogens with one attached hydrogen (secondary N) is 1. The van der Waals surface area contributed by atoms with E-state index >= 15 is 0 Å². The molecule has 12 heavy (non-hydrogen) atoms. The largest absolute Gasteiger partial charge is 0.317 e. The summed E-state index contributed by atoms with van der Waals surface area (Å²) >= 11 is 0. The van der Waals surface area contributed by atoms with Crippen LogP contribution in [-0.4, -0.2) is 22.5 Å². The van der Waals surface area contributed by atoms with E-state index in [0.29, 0.717) is 5.16 Å². The van der Waals surface area contributed by atoms with E-state index in [4.69, 9.17) is 0 Å². The summed E-state index contributed by atoms with van der Waals surface area (Å²) < 4.78 is 0. The first-order chi connectivity index (χ1) is 5.52. The van der Waals surface area contributed by atoms with Gasteiger partial charge in [0.2, 0.25) is 0 Å². The van der Waals surface area contributed by atoms with E-state index in [0.717, 1.165) is 11.8 Å². The highest BCUT2D eigenvalue weighted by molar-refractivity contribution is 6.15. The Morgan fingerprint density at radius 3 is 1.67 bits per heavy atom. The summed E-state index contributed by atoms with van der Waals surface area (Å²) in [5.74, 6) is 1.62. The number of hydrogen-bond donors (Lipinski definition) is 1. The summed E-state index contributed by atoms with van der Waals surface area (Å²) in [7, 11) is 3.36. The lowest BCUT2D eigenvalue weighted by molar-refractivity contribution is 0.240. The fraction of sp³-hybridized carbons (Fsp3) is 1.00. The molecule has 0 aliphatic rings. The van der Waals surface area contributed by atoms with Crippen LogP contribution in [-0.2, 0) is 0 Å². The molecular weight excluding hydrogens is 162 g/mol. The first kappa shape index (κ1) is 12.2. The highest BCUT2D eigenvalue weighted by atomic mass is 28.1. The summed E-state index contributed by atoms with van der Waals surface area (Å²) in [6, 6.07) is 0. The molecular formula is C10H25NSi. The van der Waals surface area contributed by atoms with Crippen LogP contribution in [0.15, 0.2) is 0 Å². The summed E-state index contributed by atoms with van der Waals surface area (Å²) in [4.78, 5) is 0. The molecule has 0 spiro atoms. The molecule has 74 valence electrons. The molecule has 0 saturated carbocycles. The lowest BCUT2D eigenvalue weighted by atomic mass is 9.86. The maximum absolute atomic E-state index is 3.54. The predicted molar refractivity (Wildman–Crippen MR) is 60.6 cm³/mol. The zero-order valence-electron chi connectivity index (χ0n) is 9.57. The van der Waals surface area contributed by atoms with Crippen molar-refractivity contribution in [2.45, 2.75) is 45.7 Å². The lowest BCUT2D eigenvalue weighted by Crippen LogP contribution is -2.54. The molecule has 1 N–H and O–H groups in total. The third-order valence-electron chi connectivity index (χ3n) is 3.81. The van der Waals surface area contributed by atoms with Crippen LogP contribution in [0.1, 0.15) is 40.5 Å². The molecule has 0 aromatic rings. The molecule has 2 unspecified atom stereocenters. The Kier molecular flexibility index (Phi) is 5.10. The first-order valence-electron chi connectivity index (χ1n) is 5.21. The third-order valence-corrected chi connectivity index (χ3v) is 6.28. The van der Waals surface area contributed by atoms with Gasteiger partial charge in [0.1, 0.15) is 0 Å². The van der Waals surface area contributed by atoms with E-state index in [9.17, 15) is 0 Å². The van der Waals surface area contributed by atoms with Gasteiger partial charge in [0.05, 0.1) is 0 Å². The summed E-state index contributed by atoms with van der Waals surface area (Å²) in [5.41, 5.74) is 0. The zero-order valence-corrected chi connectivity index (χ0v) is 11.6. The van der Waals surface area contributed by atoms with Gasteiger partial charge in [-0.15, -0.1) is 0 Å². The van der Waals surface area contributed by atoms with Crippen molar-refractivity contribution < 1.29 is 0 Å². The van der Waals surface area contributed by atoms with Gasteiger partial charge in [-0.1, -0.05) is 40.5 Å². The molecule has 0 heterocycles. The minimum absolute atomic E-state index is 0.448. The Morgan fingerprint density at radius 1 is 1.17 bits per heavy atom. The average Bonchev–Trinajstić information content (AvgIpc) is 2.13. The van der Waals surface area contributed by atoms with Crippen LogP contribution in [0.25, 0.3) is 0 Å². The molecule has 0 aromatic heterocycles. The van der Waals surface area contributed by atoms with Crippen molar-refractivity contribution in [1.29, 1.82) is 0 Å². The SMILES string of the molecule is CCC(C)C([SiH3])(NC)C(C)CC. The van der Waals surface area contributed by atoms with Crippen LogP contribution in [0.5, 0.6) is 0 Å². The van der Waals surface area contributed by atoms with Crippen molar-refractivity contribution in [2.75, 3.05) is 7.05 Å². The Balaban J connectivity index is 4.42. The molecule has 2 atom stereocenters. The van der Waals surface area contributed by atoms with Crippen molar-refractivity contribution in [3.63, 3.8) is 0 Å². The fourth-order valence-corrected chi connectivity index (χ4v) is 2.64. The zero-order chi connectivity index (χ0) is 9.78.